The molecule has 0 bridgehead atoms. The first-order valence-electron chi connectivity index (χ1n) is 14.3. The van der Waals surface area contributed by atoms with Crippen LogP contribution in [0.25, 0.3) is 11.1 Å². The van der Waals surface area contributed by atoms with Gasteiger partial charge in [-0.3, -0.25) is 4.79 Å². The molecule has 0 saturated carbocycles. The summed E-state index contributed by atoms with van der Waals surface area (Å²) in [6, 6.07) is 24.1. The van der Waals surface area contributed by atoms with Gasteiger partial charge < -0.3 is 30.0 Å². The van der Waals surface area contributed by atoms with Crippen molar-refractivity contribution in [2.75, 3.05) is 19.8 Å². The molecule has 42 heavy (non-hydrogen) atoms. The van der Waals surface area contributed by atoms with Crippen molar-refractivity contribution >= 4 is 18.0 Å². The third kappa shape index (κ3) is 6.98. The van der Waals surface area contributed by atoms with Crippen molar-refractivity contribution in [1.29, 1.82) is 0 Å². The summed E-state index contributed by atoms with van der Waals surface area (Å²) in [7, 11) is 0. The van der Waals surface area contributed by atoms with Gasteiger partial charge >= 0.3 is 12.1 Å². The summed E-state index contributed by atoms with van der Waals surface area (Å²) in [5.41, 5.74) is 5.46. The third-order valence-corrected chi connectivity index (χ3v) is 7.98. The maximum atomic E-state index is 12.9. The van der Waals surface area contributed by atoms with Gasteiger partial charge in [0, 0.05) is 30.9 Å². The number of carboxylic acids is 1. The largest absolute Gasteiger partial charge is 0.480 e. The lowest BCUT2D eigenvalue weighted by molar-refractivity contribution is -0.146. The van der Waals surface area contributed by atoms with Gasteiger partial charge in [-0.1, -0.05) is 78.9 Å². The summed E-state index contributed by atoms with van der Waals surface area (Å²) in [6.45, 7) is 2.74. The number of benzene rings is 3. The lowest BCUT2D eigenvalue weighted by atomic mass is 9.92. The molecule has 0 radical (unpaired) electrons. The standard InChI is InChI=1S/C33H36N2O7/c1-21(41-18-22-9-3-2-4-10-22)31(32(37)38)35-30(36)17-23-19-40-16-15-29(23)34-33(39)42-20-28-26-13-7-5-11-24(26)25-12-6-8-14-27(25)28/h2-14,21,23,28-29,31H,15-20H2,1H3,(H,34,39)(H,35,36)(H,37,38)/t21-,23?,29?,31+/m0/s1. The number of hydrogen-bond donors (Lipinski definition) is 3. The smallest absolute Gasteiger partial charge is 0.407 e. The van der Waals surface area contributed by atoms with Crippen molar-refractivity contribution in [3.63, 3.8) is 0 Å². The van der Waals surface area contributed by atoms with Crippen molar-refractivity contribution < 1.29 is 33.7 Å². The SMILES string of the molecule is C[C@H](OCc1ccccc1)[C@@H](NC(=O)CC1COCCC1NC(=O)OCC1c2ccccc2-c2ccccc21)C(=O)O. The molecule has 3 aromatic rings. The second kappa shape index (κ2) is 13.6. The van der Waals surface area contributed by atoms with Crippen LogP contribution in [0.2, 0.25) is 0 Å². The number of hydrogen-bond acceptors (Lipinski definition) is 6. The van der Waals surface area contributed by atoms with E-state index in [0.717, 1.165) is 27.8 Å². The molecule has 5 rings (SSSR count). The fraction of sp³-hybridized carbons (Fsp3) is 0.364. The maximum Gasteiger partial charge on any atom is 0.407 e. The van der Waals surface area contributed by atoms with Gasteiger partial charge in [0.2, 0.25) is 5.91 Å². The molecule has 0 spiro atoms. The van der Waals surface area contributed by atoms with Crippen LogP contribution in [-0.2, 0) is 30.4 Å². The minimum atomic E-state index is -1.22. The predicted octanol–water partition coefficient (Wildman–Crippen LogP) is 4.50. The van der Waals surface area contributed by atoms with E-state index in [1.165, 1.54) is 0 Å². The Balaban J connectivity index is 1.14. The van der Waals surface area contributed by atoms with E-state index in [4.69, 9.17) is 14.2 Å². The second-order valence-corrected chi connectivity index (χ2v) is 10.8. The molecule has 220 valence electrons. The zero-order valence-corrected chi connectivity index (χ0v) is 23.5. The lowest BCUT2D eigenvalue weighted by Crippen LogP contribution is -2.51. The van der Waals surface area contributed by atoms with E-state index in [1.807, 2.05) is 54.6 Å². The molecule has 1 heterocycles. The van der Waals surface area contributed by atoms with E-state index in [-0.39, 0.29) is 44.1 Å². The Kier molecular flexibility index (Phi) is 9.51. The zero-order chi connectivity index (χ0) is 29.5. The van der Waals surface area contributed by atoms with Crippen molar-refractivity contribution in [2.24, 2.45) is 5.92 Å². The number of alkyl carbamates (subject to hydrolysis) is 1. The van der Waals surface area contributed by atoms with Crippen LogP contribution in [-0.4, -0.2) is 61.1 Å². The van der Waals surface area contributed by atoms with Crippen LogP contribution < -0.4 is 10.6 Å². The van der Waals surface area contributed by atoms with Crippen LogP contribution in [0.1, 0.15) is 42.4 Å². The number of aliphatic carboxylic acids is 1. The Morgan fingerprint density at radius 1 is 0.952 bits per heavy atom. The summed E-state index contributed by atoms with van der Waals surface area (Å²) in [5.74, 6) is -2.03. The summed E-state index contributed by atoms with van der Waals surface area (Å²) < 4.78 is 17.0. The monoisotopic (exact) mass is 572 g/mol. The van der Waals surface area contributed by atoms with E-state index in [1.54, 1.807) is 6.92 Å². The number of ether oxygens (including phenoxy) is 3. The molecule has 1 fully saturated rings. The van der Waals surface area contributed by atoms with Crippen LogP contribution in [0, 0.1) is 5.92 Å². The molecule has 1 saturated heterocycles. The van der Waals surface area contributed by atoms with Gasteiger partial charge in [-0.15, -0.1) is 0 Å². The first kappa shape index (κ1) is 29.3. The Bertz CT molecular complexity index is 1350. The summed E-state index contributed by atoms with van der Waals surface area (Å²) >= 11 is 0. The molecule has 2 unspecified atom stereocenters. The van der Waals surface area contributed by atoms with Crippen molar-refractivity contribution in [3.05, 3.63) is 95.6 Å². The predicted molar refractivity (Wildman–Crippen MR) is 156 cm³/mol. The molecule has 1 aliphatic carbocycles. The van der Waals surface area contributed by atoms with Crippen LogP contribution >= 0.6 is 0 Å². The maximum absolute atomic E-state index is 12.9. The molecule has 9 nitrogen and oxygen atoms in total. The number of carbonyl (C=O) groups excluding carboxylic acids is 2. The Morgan fingerprint density at radius 3 is 2.26 bits per heavy atom. The van der Waals surface area contributed by atoms with Gasteiger partial charge in [0.15, 0.2) is 6.04 Å². The highest BCUT2D eigenvalue weighted by Gasteiger charge is 2.34. The van der Waals surface area contributed by atoms with Crippen LogP contribution in [0.4, 0.5) is 4.79 Å². The van der Waals surface area contributed by atoms with Crippen molar-refractivity contribution in [2.45, 2.75) is 50.5 Å². The molecule has 2 amide bonds. The summed E-state index contributed by atoms with van der Waals surface area (Å²) in [4.78, 5) is 37.8. The molecule has 3 aromatic carbocycles. The van der Waals surface area contributed by atoms with Gasteiger partial charge in [-0.05, 0) is 41.2 Å². The van der Waals surface area contributed by atoms with Gasteiger partial charge in [-0.25, -0.2) is 9.59 Å². The fourth-order valence-electron chi connectivity index (χ4n) is 5.73. The third-order valence-electron chi connectivity index (χ3n) is 7.98. The number of amides is 2. The second-order valence-electron chi connectivity index (χ2n) is 10.8. The summed E-state index contributed by atoms with van der Waals surface area (Å²) in [6.07, 6.45) is -0.811. The summed E-state index contributed by atoms with van der Waals surface area (Å²) in [5, 5.41) is 15.3. The highest BCUT2D eigenvalue weighted by atomic mass is 16.5. The van der Waals surface area contributed by atoms with Gasteiger partial charge in [0.25, 0.3) is 0 Å². The van der Waals surface area contributed by atoms with E-state index in [9.17, 15) is 19.5 Å². The zero-order valence-electron chi connectivity index (χ0n) is 23.5. The first-order valence-corrected chi connectivity index (χ1v) is 14.3. The molecule has 2 aliphatic rings. The fourth-order valence-corrected chi connectivity index (χ4v) is 5.73. The number of fused-ring (bicyclic) bond motifs is 3. The number of nitrogens with one attached hydrogen (secondary N) is 2. The van der Waals surface area contributed by atoms with Gasteiger partial charge in [0.1, 0.15) is 6.61 Å². The minimum Gasteiger partial charge on any atom is -0.480 e. The average molecular weight is 573 g/mol. The van der Waals surface area contributed by atoms with E-state index < -0.39 is 30.1 Å². The highest BCUT2D eigenvalue weighted by Crippen LogP contribution is 2.44. The minimum absolute atomic E-state index is 0.0104. The Hall–Kier alpha value is -4.21. The molecule has 9 heteroatoms. The molecular weight excluding hydrogens is 536 g/mol. The van der Waals surface area contributed by atoms with Crippen LogP contribution in [0.5, 0.6) is 0 Å². The first-order chi connectivity index (χ1) is 20.4. The topological polar surface area (TPSA) is 123 Å². The average Bonchev–Trinajstić information content (AvgIpc) is 3.32. The number of carboxylic acid groups (broad SMARTS) is 1. The molecule has 1 aliphatic heterocycles. The quantitative estimate of drug-likeness (QED) is 0.309. The molecule has 0 aromatic heterocycles. The van der Waals surface area contributed by atoms with E-state index >= 15 is 0 Å². The molecular formula is C33H36N2O7. The molecule has 4 atom stereocenters. The van der Waals surface area contributed by atoms with Gasteiger partial charge in [0.05, 0.1) is 19.3 Å². The highest BCUT2D eigenvalue weighted by molar-refractivity contribution is 5.84. The lowest BCUT2D eigenvalue weighted by Gasteiger charge is -2.32. The Labute approximate surface area is 245 Å². The number of rotatable bonds is 11. The van der Waals surface area contributed by atoms with Crippen LogP contribution in [0.15, 0.2) is 78.9 Å². The van der Waals surface area contributed by atoms with E-state index in [2.05, 4.69) is 34.9 Å². The van der Waals surface area contributed by atoms with Crippen LogP contribution in [0.3, 0.4) is 0 Å². The van der Waals surface area contributed by atoms with E-state index in [0.29, 0.717) is 13.0 Å². The normalized spacial score (nSPS) is 19.2. The van der Waals surface area contributed by atoms with Gasteiger partial charge in [-0.2, -0.15) is 0 Å². The number of carbonyl (C=O) groups is 3. The van der Waals surface area contributed by atoms with Crippen molar-refractivity contribution in [1.82, 2.24) is 10.6 Å². The Morgan fingerprint density at radius 2 is 1.60 bits per heavy atom. The molecule has 3 N–H and O–H groups in total. The van der Waals surface area contributed by atoms with Crippen molar-refractivity contribution in [3.8, 4) is 11.1 Å².